The normalized spacial score (nSPS) is 23.4. The Morgan fingerprint density at radius 3 is 2.45 bits per heavy atom. The Labute approximate surface area is 230 Å². The molecule has 1 amide bonds. The molecule has 11 heteroatoms. The van der Waals surface area contributed by atoms with E-state index in [-0.39, 0.29) is 17.2 Å². The molecule has 0 bridgehead atoms. The lowest BCUT2D eigenvalue weighted by Crippen LogP contribution is -2.41. The first kappa shape index (κ1) is 25.6. The summed E-state index contributed by atoms with van der Waals surface area (Å²) in [5.74, 6) is -0.302. The van der Waals surface area contributed by atoms with Crippen LogP contribution in [0.25, 0.3) is 17.3 Å². The van der Waals surface area contributed by atoms with Crippen LogP contribution in [0.1, 0.15) is 46.6 Å². The van der Waals surface area contributed by atoms with E-state index in [1.54, 1.807) is 36.4 Å². The number of sulfone groups is 1. The van der Waals surface area contributed by atoms with Crippen LogP contribution in [0.15, 0.2) is 42.5 Å². The fourth-order valence-corrected chi connectivity index (χ4v) is 7.89. The quantitative estimate of drug-likeness (QED) is 0.465. The highest BCUT2D eigenvalue weighted by atomic mass is 35.5. The Balaban J connectivity index is 1.47. The van der Waals surface area contributed by atoms with E-state index in [1.165, 1.54) is 23.2 Å². The van der Waals surface area contributed by atoms with Gasteiger partial charge in [0.25, 0.3) is 5.91 Å². The fourth-order valence-electron chi connectivity index (χ4n) is 5.90. The summed E-state index contributed by atoms with van der Waals surface area (Å²) >= 11 is 12.7. The van der Waals surface area contributed by atoms with Crippen LogP contribution in [-0.4, -0.2) is 48.0 Å². The SMILES string of the molecule is O=C(NN1CC2CCCC2C1)c1nn(-c2ccc(Cl)cc2Cl)c2c1CS(=O)(=O)CC2=Cc1ccc(F)cc1. The molecular formula is C27H25Cl2FN4O3S. The lowest BCUT2D eigenvalue weighted by molar-refractivity contribution is 0.0808. The van der Waals surface area contributed by atoms with Gasteiger partial charge in [0.2, 0.25) is 0 Å². The molecule has 2 aromatic carbocycles. The van der Waals surface area contributed by atoms with Gasteiger partial charge in [-0.2, -0.15) is 5.10 Å². The van der Waals surface area contributed by atoms with Crippen molar-refractivity contribution >= 4 is 50.6 Å². The highest BCUT2D eigenvalue weighted by Gasteiger charge is 2.39. The van der Waals surface area contributed by atoms with Gasteiger partial charge in [0.05, 0.1) is 27.9 Å². The molecule has 7 nitrogen and oxygen atoms in total. The predicted octanol–water partition coefficient (Wildman–Crippen LogP) is 5.16. The maximum absolute atomic E-state index is 13.6. The number of rotatable bonds is 4. The third kappa shape index (κ3) is 4.88. The van der Waals surface area contributed by atoms with Gasteiger partial charge >= 0.3 is 0 Å². The van der Waals surface area contributed by atoms with Crippen molar-refractivity contribution in [3.63, 3.8) is 0 Å². The average molecular weight is 575 g/mol. The first-order valence-electron chi connectivity index (χ1n) is 12.5. The maximum atomic E-state index is 13.6. The summed E-state index contributed by atoms with van der Waals surface area (Å²) in [6, 6.07) is 10.7. The largest absolute Gasteiger partial charge is 0.286 e. The molecule has 1 aromatic heterocycles. The Bertz CT molecular complexity index is 1560. The van der Waals surface area contributed by atoms with Gasteiger partial charge in [0, 0.05) is 23.7 Å². The van der Waals surface area contributed by atoms with Crippen molar-refractivity contribution in [2.75, 3.05) is 18.8 Å². The van der Waals surface area contributed by atoms with Crippen LogP contribution < -0.4 is 5.43 Å². The summed E-state index contributed by atoms with van der Waals surface area (Å²) in [7, 11) is -3.60. The molecule has 1 aliphatic carbocycles. The number of amides is 1. The van der Waals surface area contributed by atoms with Gasteiger partial charge in [-0.1, -0.05) is 41.8 Å². The van der Waals surface area contributed by atoms with E-state index < -0.39 is 21.6 Å². The third-order valence-electron chi connectivity index (χ3n) is 7.58. The molecular weight excluding hydrogens is 550 g/mol. The number of nitrogens with one attached hydrogen (secondary N) is 1. The topological polar surface area (TPSA) is 84.3 Å². The van der Waals surface area contributed by atoms with Gasteiger partial charge in [-0.05, 0) is 72.2 Å². The zero-order valence-electron chi connectivity index (χ0n) is 20.3. The number of carbonyl (C=O) groups is 1. The summed E-state index contributed by atoms with van der Waals surface area (Å²) in [6.45, 7) is 1.55. The maximum Gasteiger partial charge on any atom is 0.286 e. The molecule has 1 saturated carbocycles. The Hall–Kier alpha value is -2.72. The van der Waals surface area contributed by atoms with Crippen LogP contribution in [0.3, 0.4) is 0 Å². The Morgan fingerprint density at radius 1 is 1.05 bits per heavy atom. The van der Waals surface area contributed by atoms with E-state index >= 15 is 0 Å². The minimum absolute atomic E-state index is 0.0383. The van der Waals surface area contributed by atoms with E-state index in [4.69, 9.17) is 23.2 Å². The van der Waals surface area contributed by atoms with Gasteiger partial charge in [0.15, 0.2) is 15.5 Å². The highest BCUT2D eigenvalue weighted by Crippen LogP contribution is 2.38. The molecule has 2 unspecified atom stereocenters. The summed E-state index contributed by atoms with van der Waals surface area (Å²) in [6.07, 6.45) is 5.22. The van der Waals surface area contributed by atoms with Crippen LogP contribution in [-0.2, 0) is 15.6 Å². The molecule has 2 aliphatic heterocycles. The molecule has 198 valence electrons. The number of aromatic nitrogens is 2. The smallest absolute Gasteiger partial charge is 0.283 e. The molecule has 38 heavy (non-hydrogen) atoms. The molecule has 3 aromatic rings. The summed E-state index contributed by atoms with van der Waals surface area (Å²) in [5, 5.41) is 7.28. The van der Waals surface area contributed by atoms with Crippen molar-refractivity contribution in [2.45, 2.75) is 25.0 Å². The molecule has 3 heterocycles. The van der Waals surface area contributed by atoms with Gasteiger partial charge < -0.3 is 0 Å². The van der Waals surface area contributed by atoms with Crippen LogP contribution in [0.4, 0.5) is 4.39 Å². The van der Waals surface area contributed by atoms with E-state index in [1.807, 2.05) is 5.01 Å². The van der Waals surface area contributed by atoms with Crippen molar-refractivity contribution in [3.8, 4) is 5.69 Å². The summed E-state index contributed by atoms with van der Waals surface area (Å²) < 4.78 is 41.1. The zero-order valence-corrected chi connectivity index (χ0v) is 22.7. The monoisotopic (exact) mass is 574 g/mol. The molecule has 1 saturated heterocycles. The molecule has 6 rings (SSSR count). The molecule has 2 atom stereocenters. The van der Waals surface area contributed by atoms with Crippen LogP contribution in [0, 0.1) is 17.7 Å². The molecule has 2 fully saturated rings. The molecule has 3 aliphatic rings. The van der Waals surface area contributed by atoms with Crippen molar-refractivity contribution in [3.05, 3.63) is 80.8 Å². The van der Waals surface area contributed by atoms with Crippen LogP contribution in [0.2, 0.25) is 10.0 Å². The number of nitrogens with zero attached hydrogens (tertiary/aromatic N) is 3. The zero-order chi connectivity index (χ0) is 26.6. The number of halogens is 3. The van der Waals surface area contributed by atoms with Crippen molar-refractivity contribution in [1.82, 2.24) is 20.2 Å². The second kappa shape index (κ2) is 9.79. The highest BCUT2D eigenvalue weighted by molar-refractivity contribution is 7.91. The van der Waals surface area contributed by atoms with E-state index in [0.29, 0.717) is 50.0 Å². The number of hydrogen-bond acceptors (Lipinski definition) is 5. The van der Waals surface area contributed by atoms with Crippen LogP contribution >= 0.6 is 23.2 Å². The van der Waals surface area contributed by atoms with Gasteiger partial charge in [-0.3, -0.25) is 10.2 Å². The second-order valence-electron chi connectivity index (χ2n) is 10.2. The summed E-state index contributed by atoms with van der Waals surface area (Å²) in [4.78, 5) is 13.6. The van der Waals surface area contributed by atoms with Gasteiger partial charge in [-0.15, -0.1) is 0 Å². The Kier molecular flexibility index (Phi) is 6.58. The number of hydrogen-bond donors (Lipinski definition) is 1. The fraction of sp³-hybridized carbons (Fsp3) is 0.333. The van der Waals surface area contributed by atoms with E-state index in [0.717, 1.165) is 25.9 Å². The minimum Gasteiger partial charge on any atom is -0.283 e. The Morgan fingerprint density at radius 2 is 1.76 bits per heavy atom. The molecule has 1 N–H and O–H groups in total. The number of fused-ring (bicyclic) bond motifs is 2. The molecule has 0 radical (unpaired) electrons. The lowest BCUT2D eigenvalue weighted by Gasteiger charge is -2.20. The summed E-state index contributed by atoms with van der Waals surface area (Å²) in [5.41, 5.74) is 5.32. The minimum atomic E-state index is -3.60. The number of benzene rings is 2. The van der Waals surface area contributed by atoms with Crippen molar-refractivity contribution in [1.29, 1.82) is 0 Å². The van der Waals surface area contributed by atoms with Gasteiger partial charge in [0.1, 0.15) is 5.82 Å². The lowest BCUT2D eigenvalue weighted by atomic mass is 10.0. The molecule has 0 spiro atoms. The number of hydrazine groups is 1. The third-order valence-corrected chi connectivity index (χ3v) is 9.59. The van der Waals surface area contributed by atoms with Gasteiger partial charge in [-0.25, -0.2) is 22.5 Å². The van der Waals surface area contributed by atoms with E-state index in [9.17, 15) is 17.6 Å². The second-order valence-corrected chi connectivity index (χ2v) is 13.1. The van der Waals surface area contributed by atoms with Crippen molar-refractivity contribution < 1.29 is 17.6 Å². The standard InChI is InChI=1S/C27H25Cl2FN4O3S/c28-20-6-9-24(23(29)11-20)34-26-19(10-16-4-7-21(30)8-5-16)14-38(36,37)15-22(26)25(31-34)27(35)32-33-12-17-2-1-3-18(17)13-33/h4-11,17-18H,1-3,12-15H2,(H,32,35). The van der Waals surface area contributed by atoms with E-state index in [2.05, 4.69) is 10.5 Å². The number of carbonyl (C=O) groups excluding carboxylic acids is 1. The first-order chi connectivity index (χ1) is 18.2. The first-order valence-corrected chi connectivity index (χ1v) is 15.0. The average Bonchev–Trinajstić information content (AvgIpc) is 3.53. The predicted molar refractivity (Wildman–Crippen MR) is 145 cm³/mol. The van der Waals surface area contributed by atoms with Crippen LogP contribution in [0.5, 0.6) is 0 Å². The van der Waals surface area contributed by atoms with Crippen molar-refractivity contribution in [2.24, 2.45) is 11.8 Å².